The van der Waals surface area contributed by atoms with Crippen LogP contribution in [-0.2, 0) is 17.8 Å². The Morgan fingerprint density at radius 3 is 2.46 bits per heavy atom. The van der Waals surface area contributed by atoms with E-state index in [0.717, 1.165) is 17.8 Å². The lowest BCUT2D eigenvalue weighted by Gasteiger charge is -2.20. The second kappa shape index (κ2) is 7.56. The highest BCUT2D eigenvalue weighted by molar-refractivity contribution is 5.76. The minimum atomic E-state index is -0.0426. The number of amides is 1. The lowest BCUT2D eigenvalue weighted by molar-refractivity contribution is -0.122. The molecular formula is C22H23N3O. The highest BCUT2D eigenvalue weighted by Crippen LogP contribution is 2.38. The van der Waals surface area contributed by atoms with Gasteiger partial charge in [0.2, 0.25) is 5.91 Å². The Hall–Kier alpha value is -2.88. The molecule has 0 saturated heterocycles. The predicted molar refractivity (Wildman–Crippen MR) is 102 cm³/mol. The molecule has 1 fully saturated rings. The molecular weight excluding hydrogens is 322 g/mol. The van der Waals surface area contributed by atoms with Crippen LogP contribution in [0.2, 0.25) is 0 Å². The quantitative estimate of drug-likeness (QED) is 0.707. The topological polar surface area (TPSA) is 46.9 Å². The number of benzene rings is 2. The fraction of sp³-hybridized carbons (Fsp3) is 0.273. The summed E-state index contributed by atoms with van der Waals surface area (Å²) >= 11 is 0. The summed E-state index contributed by atoms with van der Waals surface area (Å²) in [6.45, 7) is 0.323. The smallest absolute Gasteiger partial charge is 0.240 e. The van der Waals surface area contributed by atoms with Crippen LogP contribution in [0.4, 0.5) is 0 Å². The average Bonchev–Trinajstić information content (AvgIpc) is 3.42. The highest BCUT2D eigenvalue weighted by Gasteiger charge is 2.28. The number of carbonyl (C=O) groups is 1. The van der Waals surface area contributed by atoms with E-state index in [2.05, 4.69) is 34.6 Å². The van der Waals surface area contributed by atoms with Crippen molar-refractivity contribution in [1.82, 2.24) is 14.9 Å². The molecule has 0 bridgehead atoms. The van der Waals surface area contributed by atoms with E-state index in [-0.39, 0.29) is 11.9 Å². The third-order valence-electron chi connectivity index (χ3n) is 4.82. The maximum absolute atomic E-state index is 12.7. The van der Waals surface area contributed by atoms with Crippen LogP contribution in [-0.4, -0.2) is 15.5 Å². The van der Waals surface area contributed by atoms with E-state index >= 15 is 0 Å². The van der Waals surface area contributed by atoms with Gasteiger partial charge in [-0.15, -0.1) is 0 Å². The maximum atomic E-state index is 12.7. The summed E-state index contributed by atoms with van der Waals surface area (Å²) in [7, 11) is 0. The van der Waals surface area contributed by atoms with Crippen LogP contribution in [0.1, 0.15) is 41.8 Å². The van der Waals surface area contributed by atoms with Crippen molar-refractivity contribution in [3.8, 4) is 0 Å². The Morgan fingerprint density at radius 1 is 1.08 bits per heavy atom. The molecule has 1 unspecified atom stereocenters. The minimum Gasteiger partial charge on any atom is -0.347 e. The molecule has 1 atom stereocenters. The van der Waals surface area contributed by atoms with E-state index in [4.69, 9.17) is 0 Å². The molecule has 26 heavy (non-hydrogen) atoms. The summed E-state index contributed by atoms with van der Waals surface area (Å²) in [4.78, 5) is 17.1. The Labute approximate surface area is 153 Å². The summed E-state index contributed by atoms with van der Waals surface area (Å²) in [5, 5.41) is 3.22. The van der Waals surface area contributed by atoms with Crippen molar-refractivity contribution < 1.29 is 4.79 Å². The van der Waals surface area contributed by atoms with Crippen molar-refractivity contribution in [2.24, 2.45) is 0 Å². The normalized spacial score (nSPS) is 14.8. The summed E-state index contributed by atoms with van der Waals surface area (Å²) in [6.07, 6.45) is 6.83. The van der Waals surface area contributed by atoms with Crippen molar-refractivity contribution in [1.29, 1.82) is 0 Å². The number of nitrogens with zero attached hydrogens (tertiary/aromatic N) is 2. The van der Waals surface area contributed by atoms with Crippen LogP contribution < -0.4 is 5.32 Å². The van der Waals surface area contributed by atoms with Gasteiger partial charge >= 0.3 is 0 Å². The van der Waals surface area contributed by atoms with Crippen LogP contribution in [0.3, 0.4) is 0 Å². The molecule has 1 amide bonds. The zero-order valence-corrected chi connectivity index (χ0v) is 14.7. The minimum absolute atomic E-state index is 0.0229. The monoisotopic (exact) mass is 345 g/mol. The van der Waals surface area contributed by atoms with E-state index in [1.165, 1.54) is 18.4 Å². The van der Waals surface area contributed by atoms with Crippen LogP contribution in [0.25, 0.3) is 0 Å². The third kappa shape index (κ3) is 4.02. The van der Waals surface area contributed by atoms with Gasteiger partial charge in [0.15, 0.2) is 0 Å². The van der Waals surface area contributed by atoms with Gasteiger partial charge in [-0.1, -0.05) is 60.7 Å². The molecule has 4 nitrogen and oxygen atoms in total. The van der Waals surface area contributed by atoms with Gasteiger partial charge in [-0.25, -0.2) is 4.98 Å². The molecule has 1 N–H and O–H groups in total. The molecule has 1 aromatic heterocycles. The van der Waals surface area contributed by atoms with E-state index in [0.29, 0.717) is 12.5 Å². The average molecular weight is 345 g/mol. The number of rotatable bonds is 7. The number of carbonyl (C=O) groups excluding carboxylic acids is 1. The molecule has 1 heterocycles. The molecule has 3 aromatic rings. The van der Waals surface area contributed by atoms with Gasteiger partial charge in [-0.3, -0.25) is 4.79 Å². The van der Waals surface area contributed by atoms with Crippen LogP contribution in [0.15, 0.2) is 73.1 Å². The number of imidazole rings is 1. The number of aromatic nitrogens is 2. The number of hydrogen-bond donors (Lipinski definition) is 1. The van der Waals surface area contributed by atoms with Gasteiger partial charge < -0.3 is 9.88 Å². The van der Waals surface area contributed by atoms with E-state index < -0.39 is 0 Å². The first-order valence-corrected chi connectivity index (χ1v) is 9.19. The Morgan fingerprint density at radius 2 is 1.77 bits per heavy atom. The second-order valence-electron chi connectivity index (χ2n) is 6.91. The van der Waals surface area contributed by atoms with E-state index in [1.807, 2.05) is 47.2 Å². The summed E-state index contributed by atoms with van der Waals surface area (Å²) < 4.78 is 1.98. The van der Waals surface area contributed by atoms with Crippen molar-refractivity contribution >= 4 is 5.91 Å². The van der Waals surface area contributed by atoms with Gasteiger partial charge in [-0.05, 0) is 30.4 Å². The van der Waals surface area contributed by atoms with Gasteiger partial charge in [-0.2, -0.15) is 0 Å². The molecule has 132 valence electrons. The molecule has 1 aliphatic carbocycles. The predicted octanol–water partition coefficient (Wildman–Crippen LogP) is 3.86. The molecule has 1 saturated carbocycles. The van der Waals surface area contributed by atoms with Crippen molar-refractivity contribution in [2.45, 2.75) is 37.8 Å². The first kappa shape index (κ1) is 16.6. The molecule has 0 radical (unpaired) electrons. The van der Waals surface area contributed by atoms with Crippen molar-refractivity contribution in [3.63, 3.8) is 0 Å². The fourth-order valence-corrected chi connectivity index (χ4v) is 3.34. The fourth-order valence-electron chi connectivity index (χ4n) is 3.34. The van der Waals surface area contributed by atoms with Crippen LogP contribution >= 0.6 is 0 Å². The van der Waals surface area contributed by atoms with Crippen molar-refractivity contribution in [3.05, 3.63) is 90.0 Å². The zero-order chi connectivity index (χ0) is 17.8. The molecule has 0 spiro atoms. The van der Waals surface area contributed by atoms with Crippen LogP contribution in [0, 0.1) is 0 Å². The summed E-state index contributed by atoms with van der Waals surface area (Å²) in [5.74, 6) is 1.60. The first-order chi connectivity index (χ1) is 12.8. The summed E-state index contributed by atoms with van der Waals surface area (Å²) in [5.41, 5.74) is 2.33. The SMILES string of the molecule is O=C(Cn1ccnc1C1CC1)NC(Cc1ccccc1)c1ccccc1. The Bertz CT molecular complexity index is 853. The zero-order valence-electron chi connectivity index (χ0n) is 14.7. The molecule has 4 rings (SSSR count). The first-order valence-electron chi connectivity index (χ1n) is 9.19. The van der Waals surface area contributed by atoms with Crippen LogP contribution in [0.5, 0.6) is 0 Å². The molecule has 1 aliphatic rings. The Balaban J connectivity index is 1.48. The van der Waals surface area contributed by atoms with Gasteiger partial charge in [0.1, 0.15) is 12.4 Å². The second-order valence-corrected chi connectivity index (χ2v) is 6.91. The van der Waals surface area contributed by atoms with Crippen molar-refractivity contribution in [2.75, 3.05) is 0 Å². The number of hydrogen-bond acceptors (Lipinski definition) is 2. The maximum Gasteiger partial charge on any atom is 0.240 e. The highest BCUT2D eigenvalue weighted by atomic mass is 16.2. The lowest BCUT2D eigenvalue weighted by Crippen LogP contribution is -2.33. The summed E-state index contributed by atoms with van der Waals surface area (Å²) in [6, 6.07) is 20.4. The third-order valence-corrected chi connectivity index (χ3v) is 4.82. The largest absolute Gasteiger partial charge is 0.347 e. The van der Waals surface area contributed by atoms with Gasteiger partial charge in [0.05, 0.1) is 6.04 Å². The van der Waals surface area contributed by atoms with E-state index in [9.17, 15) is 4.79 Å². The molecule has 4 heteroatoms. The lowest BCUT2D eigenvalue weighted by atomic mass is 9.99. The molecule has 2 aromatic carbocycles. The van der Waals surface area contributed by atoms with E-state index in [1.54, 1.807) is 6.20 Å². The van der Waals surface area contributed by atoms with Gasteiger partial charge in [0.25, 0.3) is 0 Å². The Kier molecular flexibility index (Phi) is 4.82. The standard InChI is InChI=1S/C22H23N3O/c26-21(16-25-14-13-23-22(25)19-11-12-19)24-20(18-9-5-2-6-10-18)15-17-7-3-1-4-8-17/h1-10,13-14,19-20H,11-12,15-16H2,(H,24,26). The van der Waals surface area contributed by atoms with Gasteiger partial charge in [0, 0.05) is 18.3 Å². The number of nitrogens with one attached hydrogen (secondary N) is 1. The molecule has 0 aliphatic heterocycles.